The van der Waals surface area contributed by atoms with Crippen LogP contribution >= 0.6 is 23.4 Å². The summed E-state index contributed by atoms with van der Waals surface area (Å²) >= 11 is 7.54. The molecule has 1 atom stereocenters. The molecular formula is C27H30ClN5O2S. The van der Waals surface area contributed by atoms with Crippen molar-refractivity contribution in [1.29, 1.82) is 0 Å². The second kappa shape index (κ2) is 11.3. The third-order valence-corrected chi connectivity index (χ3v) is 7.34. The fraction of sp³-hybridized carbons (Fsp3) is 0.333. The molecule has 3 aromatic rings. The lowest BCUT2D eigenvalue weighted by molar-refractivity contribution is -0.113. The van der Waals surface area contributed by atoms with Crippen LogP contribution in [0.3, 0.4) is 0 Å². The quantitative estimate of drug-likeness (QED) is 0.274. The number of halogens is 1. The number of aryl methyl sites for hydroxylation is 3. The van der Waals surface area contributed by atoms with Gasteiger partial charge >= 0.3 is 0 Å². The van der Waals surface area contributed by atoms with E-state index >= 15 is 0 Å². The minimum absolute atomic E-state index is 0.00106. The molecule has 1 fully saturated rings. The summed E-state index contributed by atoms with van der Waals surface area (Å²) in [5.74, 6) is 0.766. The van der Waals surface area contributed by atoms with Crippen LogP contribution in [0.25, 0.3) is 0 Å². The van der Waals surface area contributed by atoms with E-state index in [9.17, 15) is 9.59 Å². The molecule has 188 valence electrons. The van der Waals surface area contributed by atoms with E-state index in [2.05, 4.69) is 20.2 Å². The normalized spacial score (nSPS) is 15.6. The third-order valence-electron chi connectivity index (χ3n) is 6.29. The molecule has 1 saturated heterocycles. The number of nitrogens with zero attached hydrogens (tertiary/aromatic N) is 4. The van der Waals surface area contributed by atoms with E-state index in [1.165, 1.54) is 17.3 Å². The Labute approximate surface area is 221 Å². The zero-order chi connectivity index (χ0) is 25.8. The van der Waals surface area contributed by atoms with Crippen molar-refractivity contribution in [3.8, 4) is 0 Å². The molecule has 7 nitrogen and oxygen atoms in total. The van der Waals surface area contributed by atoms with Crippen LogP contribution in [0.4, 0.5) is 11.5 Å². The fourth-order valence-electron chi connectivity index (χ4n) is 4.09. The fourth-order valence-corrected chi connectivity index (χ4v) is 4.97. The number of benzene rings is 2. The van der Waals surface area contributed by atoms with E-state index in [-0.39, 0.29) is 23.6 Å². The summed E-state index contributed by atoms with van der Waals surface area (Å²) in [6.45, 7) is 9.93. The number of amides is 2. The molecule has 36 heavy (non-hydrogen) atoms. The van der Waals surface area contributed by atoms with Gasteiger partial charge in [-0.05, 0) is 63.1 Å². The molecule has 1 N–H and O–H groups in total. The van der Waals surface area contributed by atoms with Crippen molar-refractivity contribution in [2.45, 2.75) is 38.9 Å². The number of anilines is 2. The number of piperazine rings is 1. The Hall–Kier alpha value is -3.10. The van der Waals surface area contributed by atoms with E-state index in [1.807, 2.05) is 75.1 Å². The van der Waals surface area contributed by atoms with Crippen LogP contribution < -0.4 is 10.2 Å². The molecule has 0 spiro atoms. The lowest BCUT2D eigenvalue weighted by atomic mass is 10.1. The summed E-state index contributed by atoms with van der Waals surface area (Å²) in [7, 11) is 0. The zero-order valence-corrected chi connectivity index (χ0v) is 22.5. The number of aromatic nitrogens is 2. The van der Waals surface area contributed by atoms with Gasteiger partial charge in [-0.3, -0.25) is 9.59 Å². The van der Waals surface area contributed by atoms with Gasteiger partial charge in [-0.15, -0.1) is 0 Å². The lowest BCUT2D eigenvalue weighted by Crippen LogP contribution is -2.54. The van der Waals surface area contributed by atoms with Gasteiger partial charge in [-0.2, -0.15) is 0 Å². The summed E-state index contributed by atoms with van der Waals surface area (Å²) in [5, 5.41) is 3.68. The van der Waals surface area contributed by atoms with Crippen molar-refractivity contribution in [1.82, 2.24) is 14.9 Å². The molecule has 0 radical (unpaired) electrons. The Kier molecular flexibility index (Phi) is 8.16. The molecule has 1 unspecified atom stereocenters. The van der Waals surface area contributed by atoms with Crippen LogP contribution in [0.1, 0.15) is 34.0 Å². The number of carbonyl (C=O) groups excluding carboxylic acids is 2. The molecule has 9 heteroatoms. The minimum Gasteiger partial charge on any atom is -0.353 e. The highest BCUT2D eigenvalue weighted by molar-refractivity contribution is 7.99. The first-order chi connectivity index (χ1) is 17.2. The molecule has 4 rings (SSSR count). The standard InChI is InChI=1S/C27H30ClN5O2S/c1-17-5-8-21(9-6-17)26(35)33-12-11-32(15-20(33)4)24-14-23(28)30-27(31-24)36-16-25(34)29-22-10-7-18(2)19(3)13-22/h5-10,13-14,20H,11-12,15-16H2,1-4H3,(H,29,34). The molecule has 0 bridgehead atoms. The van der Waals surface area contributed by atoms with Crippen LogP contribution in [0.5, 0.6) is 0 Å². The average Bonchev–Trinajstić information content (AvgIpc) is 2.85. The van der Waals surface area contributed by atoms with Gasteiger partial charge in [0.25, 0.3) is 5.91 Å². The van der Waals surface area contributed by atoms with Crippen molar-refractivity contribution in [2.75, 3.05) is 35.6 Å². The van der Waals surface area contributed by atoms with Crippen molar-refractivity contribution in [3.05, 3.63) is 75.9 Å². The first kappa shape index (κ1) is 26.0. The zero-order valence-electron chi connectivity index (χ0n) is 20.9. The van der Waals surface area contributed by atoms with Gasteiger partial charge in [-0.25, -0.2) is 9.97 Å². The highest BCUT2D eigenvalue weighted by atomic mass is 35.5. The number of rotatable bonds is 6. The van der Waals surface area contributed by atoms with Gasteiger partial charge in [0.05, 0.1) is 5.75 Å². The Bertz CT molecular complexity index is 1270. The Balaban J connectivity index is 1.37. The lowest BCUT2D eigenvalue weighted by Gasteiger charge is -2.40. The van der Waals surface area contributed by atoms with E-state index in [0.29, 0.717) is 41.3 Å². The van der Waals surface area contributed by atoms with Gasteiger partial charge in [0.15, 0.2) is 5.16 Å². The molecule has 2 amide bonds. The average molecular weight is 524 g/mol. The Morgan fingerprint density at radius 1 is 1.03 bits per heavy atom. The number of hydrogen-bond donors (Lipinski definition) is 1. The number of carbonyl (C=O) groups is 2. The van der Waals surface area contributed by atoms with Gasteiger partial charge in [-0.1, -0.05) is 47.1 Å². The largest absolute Gasteiger partial charge is 0.353 e. The molecule has 1 aromatic heterocycles. The van der Waals surface area contributed by atoms with Crippen LogP contribution in [0, 0.1) is 20.8 Å². The number of nitrogens with one attached hydrogen (secondary N) is 1. The Morgan fingerprint density at radius 3 is 2.47 bits per heavy atom. The third kappa shape index (κ3) is 6.36. The highest BCUT2D eigenvalue weighted by Crippen LogP contribution is 2.25. The molecular weight excluding hydrogens is 494 g/mol. The summed E-state index contributed by atoms with van der Waals surface area (Å²) < 4.78 is 0. The molecule has 1 aliphatic heterocycles. The van der Waals surface area contributed by atoms with E-state index < -0.39 is 0 Å². The maximum atomic E-state index is 13.0. The SMILES string of the molecule is Cc1ccc(C(=O)N2CCN(c3cc(Cl)nc(SCC(=O)Nc4ccc(C)c(C)c4)n3)CC2C)cc1. The monoisotopic (exact) mass is 523 g/mol. The van der Waals surface area contributed by atoms with Crippen LogP contribution in [-0.2, 0) is 4.79 Å². The summed E-state index contributed by atoms with van der Waals surface area (Å²) in [5.41, 5.74) is 4.89. The molecule has 2 aromatic carbocycles. The topological polar surface area (TPSA) is 78.4 Å². The van der Waals surface area contributed by atoms with Gasteiger partial charge in [0.2, 0.25) is 5.91 Å². The van der Waals surface area contributed by atoms with Gasteiger partial charge in [0.1, 0.15) is 11.0 Å². The summed E-state index contributed by atoms with van der Waals surface area (Å²) in [6, 6.07) is 15.2. The minimum atomic E-state index is -0.134. The smallest absolute Gasteiger partial charge is 0.254 e. The molecule has 0 saturated carbocycles. The van der Waals surface area contributed by atoms with Crippen molar-refractivity contribution in [2.24, 2.45) is 0 Å². The van der Waals surface area contributed by atoms with Crippen LogP contribution in [-0.4, -0.2) is 58.1 Å². The predicted octanol–water partition coefficient (Wildman–Crippen LogP) is 5.14. The molecule has 2 heterocycles. The maximum absolute atomic E-state index is 13.0. The van der Waals surface area contributed by atoms with E-state index in [1.54, 1.807) is 6.07 Å². The van der Waals surface area contributed by atoms with Crippen molar-refractivity contribution >= 4 is 46.7 Å². The highest BCUT2D eigenvalue weighted by Gasteiger charge is 2.29. The van der Waals surface area contributed by atoms with Crippen molar-refractivity contribution < 1.29 is 9.59 Å². The van der Waals surface area contributed by atoms with Crippen LogP contribution in [0.15, 0.2) is 53.7 Å². The second-order valence-electron chi connectivity index (χ2n) is 9.13. The van der Waals surface area contributed by atoms with E-state index in [0.717, 1.165) is 16.8 Å². The number of thioether (sulfide) groups is 1. The summed E-state index contributed by atoms with van der Waals surface area (Å²) in [6.07, 6.45) is 0. The maximum Gasteiger partial charge on any atom is 0.254 e. The van der Waals surface area contributed by atoms with Gasteiger partial charge < -0.3 is 15.1 Å². The van der Waals surface area contributed by atoms with Gasteiger partial charge in [0, 0.05) is 43.0 Å². The first-order valence-corrected chi connectivity index (χ1v) is 13.2. The second-order valence-corrected chi connectivity index (χ2v) is 10.5. The Morgan fingerprint density at radius 2 is 1.78 bits per heavy atom. The predicted molar refractivity (Wildman–Crippen MR) is 146 cm³/mol. The molecule has 1 aliphatic rings. The molecule has 0 aliphatic carbocycles. The van der Waals surface area contributed by atoms with E-state index in [4.69, 9.17) is 11.6 Å². The first-order valence-electron chi connectivity index (χ1n) is 11.9. The van der Waals surface area contributed by atoms with Crippen LogP contribution in [0.2, 0.25) is 5.15 Å². The van der Waals surface area contributed by atoms with Crippen molar-refractivity contribution in [3.63, 3.8) is 0 Å². The summed E-state index contributed by atoms with van der Waals surface area (Å²) in [4.78, 5) is 38.4. The number of hydrogen-bond acceptors (Lipinski definition) is 6.